The van der Waals surface area contributed by atoms with Crippen molar-refractivity contribution in [3.63, 3.8) is 0 Å². The van der Waals surface area contributed by atoms with Gasteiger partial charge in [-0.25, -0.2) is 0 Å². The quantitative estimate of drug-likeness (QED) is 0.545. The first kappa shape index (κ1) is 13.9. The zero-order valence-corrected chi connectivity index (χ0v) is 9.80. The van der Waals surface area contributed by atoms with Gasteiger partial charge >= 0.3 is 0 Å². The topological polar surface area (TPSA) is 38.5 Å². The van der Waals surface area contributed by atoms with Crippen LogP contribution in [0.1, 0.15) is 33.1 Å². The van der Waals surface area contributed by atoms with Crippen LogP contribution in [0.3, 0.4) is 0 Å². The molecule has 0 aromatic carbocycles. The molecule has 0 bridgehead atoms. The van der Waals surface area contributed by atoms with Crippen molar-refractivity contribution in [1.29, 1.82) is 0 Å². The molecule has 0 rings (SSSR count). The lowest BCUT2D eigenvalue weighted by molar-refractivity contribution is 0.103. The highest BCUT2D eigenvalue weighted by Gasteiger charge is 2.00. The SMILES string of the molecule is CCCCOCCN(CC)CCCN. The molecule has 0 atom stereocenters. The van der Waals surface area contributed by atoms with Crippen molar-refractivity contribution in [2.24, 2.45) is 5.73 Å². The van der Waals surface area contributed by atoms with Gasteiger partial charge in [0.05, 0.1) is 6.61 Å². The fraction of sp³-hybridized carbons (Fsp3) is 1.00. The average Bonchev–Trinajstić information content (AvgIpc) is 2.22. The lowest BCUT2D eigenvalue weighted by atomic mass is 10.3. The number of ether oxygens (including phenoxy) is 1. The normalized spacial score (nSPS) is 11.1. The summed E-state index contributed by atoms with van der Waals surface area (Å²) in [6.45, 7) is 10.2. The Morgan fingerprint density at radius 1 is 1.07 bits per heavy atom. The minimum Gasteiger partial charge on any atom is -0.380 e. The van der Waals surface area contributed by atoms with E-state index >= 15 is 0 Å². The summed E-state index contributed by atoms with van der Waals surface area (Å²) >= 11 is 0. The number of hydrogen-bond donors (Lipinski definition) is 1. The van der Waals surface area contributed by atoms with Crippen LogP contribution in [0.4, 0.5) is 0 Å². The Bertz CT molecular complexity index is 109. The van der Waals surface area contributed by atoms with Crippen LogP contribution in [0.25, 0.3) is 0 Å². The molecule has 0 aliphatic carbocycles. The van der Waals surface area contributed by atoms with Crippen molar-refractivity contribution in [3.8, 4) is 0 Å². The molecule has 0 aromatic rings. The van der Waals surface area contributed by atoms with E-state index < -0.39 is 0 Å². The molecule has 86 valence electrons. The Morgan fingerprint density at radius 2 is 1.86 bits per heavy atom. The highest BCUT2D eigenvalue weighted by Crippen LogP contribution is 1.92. The molecule has 0 heterocycles. The molecule has 0 aromatic heterocycles. The first-order chi connectivity index (χ1) is 6.85. The molecule has 0 aliphatic heterocycles. The number of nitrogens with zero attached hydrogens (tertiary/aromatic N) is 1. The van der Waals surface area contributed by atoms with Crippen molar-refractivity contribution >= 4 is 0 Å². The second-order valence-electron chi connectivity index (χ2n) is 3.54. The minimum atomic E-state index is 0.785. The first-order valence-electron chi connectivity index (χ1n) is 5.85. The Kier molecular flexibility index (Phi) is 10.9. The first-order valence-corrected chi connectivity index (χ1v) is 5.85. The number of unbranched alkanes of at least 4 members (excludes halogenated alkanes) is 1. The third-order valence-electron chi connectivity index (χ3n) is 2.32. The van der Waals surface area contributed by atoms with Gasteiger partial charge in [0.15, 0.2) is 0 Å². The lowest BCUT2D eigenvalue weighted by Crippen LogP contribution is -2.29. The maximum atomic E-state index is 5.51. The second-order valence-corrected chi connectivity index (χ2v) is 3.54. The summed E-state index contributed by atoms with van der Waals surface area (Å²) in [6, 6.07) is 0. The molecular weight excluding hydrogens is 176 g/mol. The van der Waals surface area contributed by atoms with Crippen LogP contribution in [0, 0.1) is 0 Å². The molecule has 0 amide bonds. The molecule has 0 spiro atoms. The fourth-order valence-corrected chi connectivity index (χ4v) is 1.29. The van der Waals surface area contributed by atoms with Crippen molar-refractivity contribution in [2.45, 2.75) is 33.1 Å². The van der Waals surface area contributed by atoms with Crippen LogP contribution in [-0.2, 0) is 4.74 Å². The van der Waals surface area contributed by atoms with Crippen molar-refractivity contribution in [3.05, 3.63) is 0 Å². The van der Waals surface area contributed by atoms with Crippen molar-refractivity contribution in [2.75, 3.05) is 39.4 Å². The van der Waals surface area contributed by atoms with E-state index in [1.54, 1.807) is 0 Å². The molecule has 0 radical (unpaired) electrons. The molecule has 0 fully saturated rings. The standard InChI is InChI=1S/C11H26N2O/c1-3-5-10-14-11-9-13(4-2)8-6-7-12/h3-12H2,1-2H3. The van der Waals surface area contributed by atoms with E-state index in [9.17, 15) is 0 Å². The minimum absolute atomic E-state index is 0.785. The van der Waals surface area contributed by atoms with Gasteiger partial charge in [-0.2, -0.15) is 0 Å². The molecule has 3 heteroatoms. The molecule has 3 nitrogen and oxygen atoms in total. The van der Waals surface area contributed by atoms with Crippen molar-refractivity contribution < 1.29 is 4.74 Å². The van der Waals surface area contributed by atoms with Gasteiger partial charge in [0.25, 0.3) is 0 Å². The van der Waals surface area contributed by atoms with E-state index in [1.807, 2.05) is 0 Å². The summed E-state index contributed by atoms with van der Waals surface area (Å²) in [5.41, 5.74) is 5.47. The number of nitrogens with two attached hydrogens (primary N) is 1. The van der Waals surface area contributed by atoms with Gasteiger partial charge in [-0.1, -0.05) is 20.3 Å². The summed E-state index contributed by atoms with van der Waals surface area (Å²) in [4.78, 5) is 2.39. The largest absolute Gasteiger partial charge is 0.380 e. The summed E-state index contributed by atoms with van der Waals surface area (Å²) in [6.07, 6.45) is 3.47. The number of likely N-dealkylation sites (N-methyl/N-ethyl adjacent to an activating group) is 1. The molecule has 0 aliphatic rings. The molecular formula is C11H26N2O. The summed E-state index contributed by atoms with van der Waals surface area (Å²) in [5, 5.41) is 0. The Labute approximate surface area is 88.6 Å². The molecule has 14 heavy (non-hydrogen) atoms. The molecule has 0 saturated heterocycles. The van der Waals surface area contributed by atoms with Gasteiger partial charge in [0.2, 0.25) is 0 Å². The van der Waals surface area contributed by atoms with Gasteiger partial charge in [0.1, 0.15) is 0 Å². The predicted molar refractivity (Wildman–Crippen MR) is 61.5 cm³/mol. The van der Waals surface area contributed by atoms with Crippen LogP contribution in [0.15, 0.2) is 0 Å². The van der Waals surface area contributed by atoms with E-state index in [2.05, 4.69) is 18.7 Å². The third kappa shape index (κ3) is 8.48. The Hall–Kier alpha value is -0.120. The Balaban J connectivity index is 3.24. The number of hydrogen-bond acceptors (Lipinski definition) is 3. The summed E-state index contributed by atoms with van der Waals surface area (Å²) in [5.74, 6) is 0. The third-order valence-corrected chi connectivity index (χ3v) is 2.32. The van der Waals surface area contributed by atoms with E-state index in [-0.39, 0.29) is 0 Å². The average molecular weight is 202 g/mol. The lowest BCUT2D eigenvalue weighted by Gasteiger charge is -2.19. The zero-order valence-electron chi connectivity index (χ0n) is 9.80. The van der Waals surface area contributed by atoms with Crippen LogP contribution in [0.5, 0.6) is 0 Å². The summed E-state index contributed by atoms with van der Waals surface area (Å²) in [7, 11) is 0. The number of rotatable bonds is 10. The molecule has 0 saturated carbocycles. The molecule has 2 N–H and O–H groups in total. The van der Waals surface area contributed by atoms with E-state index in [1.165, 1.54) is 12.8 Å². The maximum Gasteiger partial charge on any atom is 0.0593 e. The van der Waals surface area contributed by atoms with Crippen molar-refractivity contribution in [1.82, 2.24) is 4.90 Å². The van der Waals surface area contributed by atoms with Gasteiger partial charge in [0, 0.05) is 13.2 Å². The van der Waals surface area contributed by atoms with Gasteiger partial charge < -0.3 is 15.4 Å². The Morgan fingerprint density at radius 3 is 2.43 bits per heavy atom. The predicted octanol–water partition coefficient (Wildman–Crippen LogP) is 1.47. The zero-order chi connectivity index (χ0) is 10.6. The summed E-state index contributed by atoms with van der Waals surface area (Å²) < 4.78 is 5.51. The highest BCUT2D eigenvalue weighted by atomic mass is 16.5. The van der Waals surface area contributed by atoms with Crippen LogP contribution in [-0.4, -0.2) is 44.3 Å². The van der Waals surface area contributed by atoms with E-state index in [4.69, 9.17) is 10.5 Å². The van der Waals surface area contributed by atoms with Crippen LogP contribution >= 0.6 is 0 Å². The van der Waals surface area contributed by atoms with Gasteiger partial charge in [-0.05, 0) is 32.5 Å². The van der Waals surface area contributed by atoms with E-state index in [0.29, 0.717) is 0 Å². The van der Waals surface area contributed by atoms with Gasteiger partial charge in [-0.3, -0.25) is 0 Å². The second kappa shape index (κ2) is 11.0. The smallest absolute Gasteiger partial charge is 0.0593 e. The van der Waals surface area contributed by atoms with E-state index in [0.717, 1.165) is 45.8 Å². The van der Waals surface area contributed by atoms with Crippen LogP contribution in [0.2, 0.25) is 0 Å². The van der Waals surface area contributed by atoms with Crippen LogP contribution < -0.4 is 5.73 Å². The fourth-order valence-electron chi connectivity index (χ4n) is 1.29. The highest BCUT2D eigenvalue weighted by molar-refractivity contribution is 4.55. The van der Waals surface area contributed by atoms with Gasteiger partial charge in [-0.15, -0.1) is 0 Å². The maximum absolute atomic E-state index is 5.51. The molecule has 0 unspecified atom stereocenters. The monoisotopic (exact) mass is 202 g/mol.